The summed E-state index contributed by atoms with van der Waals surface area (Å²) in [7, 11) is 0. The minimum Gasteiger partial charge on any atom is -0.389 e. The molecule has 6 N–H and O–H groups in total. The molecule has 0 unspecified atom stereocenters. The van der Waals surface area contributed by atoms with Crippen molar-refractivity contribution in [2.24, 2.45) is 5.73 Å². The SMILES string of the molecule is N[C@H]1[CH]O[C@H](C(O)O)[C@@H](O)[C@@H]1O. The maximum absolute atomic E-state index is 9.18. The van der Waals surface area contributed by atoms with Crippen molar-refractivity contribution in [1.29, 1.82) is 0 Å². The van der Waals surface area contributed by atoms with Gasteiger partial charge in [-0.15, -0.1) is 0 Å². The molecule has 1 aliphatic heterocycles. The van der Waals surface area contributed by atoms with Crippen LogP contribution in [0.5, 0.6) is 0 Å². The molecule has 0 aromatic carbocycles. The van der Waals surface area contributed by atoms with Gasteiger partial charge in [0.1, 0.15) is 24.9 Å². The van der Waals surface area contributed by atoms with Crippen LogP contribution >= 0.6 is 0 Å². The second-order valence-corrected chi connectivity index (χ2v) is 2.71. The van der Waals surface area contributed by atoms with Crippen molar-refractivity contribution in [1.82, 2.24) is 0 Å². The maximum Gasteiger partial charge on any atom is 0.181 e. The van der Waals surface area contributed by atoms with Gasteiger partial charge in [-0.1, -0.05) is 0 Å². The highest BCUT2D eigenvalue weighted by Gasteiger charge is 2.40. The van der Waals surface area contributed by atoms with Crippen LogP contribution in [0.25, 0.3) is 0 Å². The van der Waals surface area contributed by atoms with Gasteiger partial charge in [0.05, 0.1) is 6.04 Å². The zero-order valence-corrected chi connectivity index (χ0v) is 6.24. The Morgan fingerprint density at radius 2 is 1.83 bits per heavy atom. The van der Waals surface area contributed by atoms with E-state index in [2.05, 4.69) is 4.74 Å². The van der Waals surface area contributed by atoms with Crippen LogP contribution in [0.3, 0.4) is 0 Å². The van der Waals surface area contributed by atoms with Gasteiger partial charge in [-0.05, 0) is 0 Å². The number of ether oxygens (including phenoxy) is 1. The Hall–Kier alpha value is -0.240. The lowest BCUT2D eigenvalue weighted by Crippen LogP contribution is -2.57. The molecule has 1 fully saturated rings. The number of aliphatic hydroxyl groups excluding tert-OH is 3. The average molecular weight is 178 g/mol. The number of hydrogen-bond donors (Lipinski definition) is 5. The second-order valence-electron chi connectivity index (χ2n) is 2.71. The van der Waals surface area contributed by atoms with Crippen LogP contribution in [0.2, 0.25) is 0 Å². The fourth-order valence-electron chi connectivity index (χ4n) is 1.01. The Balaban J connectivity index is 2.58. The second kappa shape index (κ2) is 3.65. The maximum atomic E-state index is 9.18. The number of hydrogen-bond acceptors (Lipinski definition) is 6. The molecule has 1 rings (SSSR count). The third-order valence-electron chi connectivity index (χ3n) is 1.77. The van der Waals surface area contributed by atoms with Crippen LogP contribution in [-0.2, 0) is 4.74 Å². The van der Waals surface area contributed by atoms with Crippen molar-refractivity contribution in [2.75, 3.05) is 0 Å². The average Bonchev–Trinajstić information content (AvgIpc) is 2.00. The quantitative estimate of drug-likeness (QED) is 0.272. The summed E-state index contributed by atoms with van der Waals surface area (Å²) in [6.07, 6.45) is -5.69. The van der Waals surface area contributed by atoms with E-state index in [1.807, 2.05) is 0 Å². The van der Waals surface area contributed by atoms with Crippen molar-refractivity contribution >= 4 is 0 Å². The molecule has 0 bridgehead atoms. The minimum absolute atomic E-state index is 0.810. The minimum atomic E-state index is -1.83. The van der Waals surface area contributed by atoms with Gasteiger partial charge >= 0.3 is 0 Å². The number of aliphatic hydroxyl groups is 4. The summed E-state index contributed by atoms with van der Waals surface area (Å²) in [6, 6.07) is -0.810. The van der Waals surface area contributed by atoms with Gasteiger partial charge < -0.3 is 30.9 Å². The van der Waals surface area contributed by atoms with Crippen molar-refractivity contribution in [3.8, 4) is 0 Å². The highest BCUT2D eigenvalue weighted by molar-refractivity contribution is 4.94. The van der Waals surface area contributed by atoms with E-state index >= 15 is 0 Å². The molecule has 0 aromatic rings. The molecule has 1 radical (unpaired) electrons. The first kappa shape index (κ1) is 9.85. The van der Waals surface area contributed by atoms with E-state index in [4.69, 9.17) is 21.1 Å². The molecule has 0 amide bonds. The van der Waals surface area contributed by atoms with E-state index in [1.165, 1.54) is 0 Å². The molecule has 0 aliphatic carbocycles. The summed E-state index contributed by atoms with van der Waals surface area (Å²) in [5.74, 6) is 0. The first-order valence-corrected chi connectivity index (χ1v) is 3.50. The fourth-order valence-corrected chi connectivity index (χ4v) is 1.01. The van der Waals surface area contributed by atoms with Crippen LogP contribution in [0.4, 0.5) is 0 Å². The summed E-state index contributed by atoms with van der Waals surface area (Å²) in [5, 5.41) is 35.6. The van der Waals surface area contributed by atoms with Gasteiger partial charge in [0, 0.05) is 0 Å². The standard InChI is InChI=1S/C6H12NO5/c7-2-1-12-5(6(10)11)4(9)3(2)8/h1-6,8-11H,7H2/t2-,3+,4-,5-/m0/s1. The van der Waals surface area contributed by atoms with Crippen LogP contribution in [0.1, 0.15) is 0 Å². The first-order chi connectivity index (χ1) is 5.54. The molecule has 12 heavy (non-hydrogen) atoms. The summed E-state index contributed by atoms with van der Waals surface area (Å²) < 4.78 is 4.67. The zero-order valence-electron chi connectivity index (χ0n) is 6.24. The van der Waals surface area contributed by atoms with Gasteiger partial charge in [0.2, 0.25) is 0 Å². The molecule has 6 heteroatoms. The van der Waals surface area contributed by atoms with E-state index < -0.39 is 30.6 Å². The molecule has 1 aliphatic rings. The van der Waals surface area contributed by atoms with E-state index in [1.54, 1.807) is 0 Å². The van der Waals surface area contributed by atoms with Crippen molar-refractivity contribution in [3.63, 3.8) is 0 Å². The van der Waals surface area contributed by atoms with Crippen LogP contribution < -0.4 is 5.73 Å². The van der Waals surface area contributed by atoms with E-state index in [0.717, 1.165) is 6.61 Å². The Kier molecular flexibility index (Phi) is 2.99. The molecule has 0 saturated carbocycles. The Morgan fingerprint density at radius 3 is 2.33 bits per heavy atom. The largest absolute Gasteiger partial charge is 0.389 e. The lowest BCUT2D eigenvalue weighted by molar-refractivity contribution is -0.209. The third-order valence-corrected chi connectivity index (χ3v) is 1.77. The topological polar surface area (TPSA) is 116 Å². The zero-order chi connectivity index (χ0) is 9.30. The third kappa shape index (κ3) is 1.74. The van der Waals surface area contributed by atoms with Gasteiger partial charge in [0.15, 0.2) is 6.29 Å². The summed E-state index contributed by atoms with van der Waals surface area (Å²) in [5.41, 5.74) is 5.28. The predicted molar refractivity (Wildman–Crippen MR) is 37.4 cm³/mol. The Bertz CT molecular complexity index is 153. The van der Waals surface area contributed by atoms with Crippen LogP contribution in [0.15, 0.2) is 0 Å². The van der Waals surface area contributed by atoms with Crippen molar-refractivity contribution in [2.45, 2.75) is 30.6 Å². The summed E-state index contributed by atoms with van der Waals surface area (Å²) in [4.78, 5) is 0. The lowest BCUT2D eigenvalue weighted by atomic mass is 9.98. The smallest absolute Gasteiger partial charge is 0.181 e. The fraction of sp³-hybridized carbons (Fsp3) is 0.833. The van der Waals surface area contributed by atoms with E-state index in [0.29, 0.717) is 0 Å². The number of nitrogens with two attached hydrogens (primary N) is 1. The van der Waals surface area contributed by atoms with Gasteiger partial charge in [0.25, 0.3) is 0 Å². The molecule has 71 valence electrons. The highest BCUT2D eigenvalue weighted by Crippen LogP contribution is 2.18. The van der Waals surface area contributed by atoms with Crippen molar-refractivity contribution in [3.05, 3.63) is 6.61 Å². The molecule has 0 spiro atoms. The molecule has 1 heterocycles. The normalized spacial score (nSPS) is 43.5. The lowest BCUT2D eigenvalue weighted by Gasteiger charge is -2.35. The van der Waals surface area contributed by atoms with Gasteiger partial charge in [-0.3, -0.25) is 0 Å². The Morgan fingerprint density at radius 1 is 1.25 bits per heavy atom. The summed E-state index contributed by atoms with van der Waals surface area (Å²) in [6.45, 7) is 1.07. The Labute approximate surface area is 69.2 Å². The molecular formula is C6H12NO5. The monoisotopic (exact) mass is 178 g/mol. The predicted octanol–water partition coefficient (Wildman–Crippen LogP) is -3.09. The van der Waals surface area contributed by atoms with E-state index in [-0.39, 0.29) is 0 Å². The first-order valence-electron chi connectivity index (χ1n) is 3.50. The van der Waals surface area contributed by atoms with E-state index in [9.17, 15) is 5.11 Å². The molecule has 4 atom stereocenters. The molecular weight excluding hydrogens is 166 g/mol. The van der Waals surface area contributed by atoms with Gasteiger partial charge in [-0.2, -0.15) is 0 Å². The molecule has 1 saturated heterocycles. The highest BCUT2D eigenvalue weighted by atomic mass is 16.6. The molecule has 6 nitrogen and oxygen atoms in total. The summed E-state index contributed by atoms with van der Waals surface area (Å²) >= 11 is 0. The van der Waals surface area contributed by atoms with Crippen LogP contribution in [0, 0.1) is 6.61 Å². The van der Waals surface area contributed by atoms with Crippen LogP contribution in [-0.4, -0.2) is 51.1 Å². The number of rotatable bonds is 1. The van der Waals surface area contributed by atoms with Crippen molar-refractivity contribution < 1.29 is 25.2 Å². The van der Waals surface area contributed by atoms with Gasteiger partial charge in [-0.25, -0.2) is 0 Å². The molecule has 0 aromatic heterocycles.